The first-order valence-electron chi connectivity index (χ1n) is 8.05. The highest BCUT2D eigenvalue weighted by atomic mass is 16.3. The van der Waals surface area contributed by atoms with Crippen LogP contribution in [0.4, 0.5) is 5.69 Å². The van der Waals surface area contributed by atoms with E-state index in [4.69, 9.17) is 0 Å². The zero-order valence-corrected chi connectivity index (χ0v) is 13.2. The average molecular weight is 308 g/mol. The van der Waals surface area contributed by atoms with Crippen molar-refractivity contribution in [1.29, 1.82) is 0 Å². The van der Waals surface area contributed by atoms with E-state index >= 15 is 0 Å². The Balaban J connectivity index is 1.78. The third-order valence-electron chi connectivity index (χ3n) is 4.52. The maximum atomic E-state index is 9.72. The third-order valence-corrected chi connectivity index (χ3v) is 4.52. The van der Waals surface area contributed by atoms with Gasteiger partial charge in [-0.2, -0.15) is 0 Å². The number of aryl methyl sites for hydroxylation is 1. The van der Waals surface area contributed by atoms with Gasteiger partial charge in [-0.25, -0.2) is 9.97 Å². The van der Waals surface area contributed by atoms with Crippen LogP contribution in [0.25, 0.3) is 16.7 Å². The SMILES string of the molecule is Cc1nccc(-n2ccc3c(N4CCC(O)CC4)cccc32)n1. The number of anilines is 1. The number of aliphatic hydroxyl groups excluding tert-OH is 1. The van der Waals surface area contributed by atoms with Gasteiger partial charge in [0.15, 0.2) is 0 Å². The largest absolute Gasteiger partial charge is 0.393 e. The summed E-state index contributed by atoms with van der Waals surface area (Å²) in [4.78, 5) is 11.1. The van der Waals surface area contributed by atoms with Crippen LogP contribution in [-0.4, -0.2) is 38.8 Å². The van der Waals surface area contributed by atoms with E-state index < -0.39 is 0 Å². The number of hydrogen-bond acceptors (Lipinski definition) is 4. The normalized spacial score (nSPS) is 16.2. The van der Waals surface area contributed by atoms with Crippen molar-refractivity contribution in [2.45, 2.75) is 25.9 Å². The molecule has 1 aliphatic heterocycles. The van der Waals surface area contributed by atoms with Crippen molar-refractivity contribution in [3.63, 3.8) is 0 Å². The molecular weight excluding hydrogens is 288 g/mol. The Morgan fingerprint density at radius 2 is 1.96 bits per heavy atom. The third kappa shape index (κ3) is 2.57. The van der Waals surface area contributed by atoms with E-state index in [9.17, 15) is 5.11 Å². The monoisotopic (exact) mass is 308 g/mol. The maximum Gasteiger partial charge on any atom is 0.140 e. The van der Waals surface area contributed by atoms with E-state index in [2.05, 4.69) is 49.9 Å². The number of hydrogen-bond donors (Lipinski definition) is 1. The highest BCUT2D eigenvalue weighted by Crippen LogP contribution is 2.31. The predicted molar refractivity (Wildman–Crippen MR) is 91.1 cm³/mol. The summed E-state index contributed by atoms with van der Waals surface area (Å²) in [5, 5.41) is 10.9. The molecule has 3 heterocycles. The van der Waals surface area contributed by atoms with Crippen LogP contribution in [0.15, 0.2) is 42.7 Å². The molecule has 0 saturated carbocycles. The summed E-state index contributed by atoms with van der Waals surface area (Å²) < 4.78 is 2.10. The summed E-state index contributed by atoms with van der Waals surface area (Å²) in [7, 11) is 0. The molecule has 4 rings (SSSR count). The lowest BCUT2D eigenvalue weighted by molar-refractivity contribution is 0.145. The summed E-state index contributed by atoms with van der Waals surface area (Å²) in [6.45, 7) is 3.70. The molecule has 1 N–H and O–H groups in total. The number of benzene rings is 1. The van der Waals surface area contributed by atoms with Gasteiger partial charge in [0.05, 0.1) is 11.6 Å². The molecule has 0 radical (unpaired) electrons. The van der Waals surface area contributed by atoms with Crippen LogP contribution in [0.3, 0.4) is 0 Å². The van der Waals surface area contributed by atoms with E-state index in [1.807, 2.05) is 13.0 Å². The Morgan fingerprint density at radius 1 is 1.13 bits per heavy atom. The summed E-state index contributed by atoms with van der Waals surface area (Å²) in [5.41, 5.74) is 2.38. The Labute approximate surface area is 135 Å². The maximum absolute atomic E-state index is 9.72. The van der Waals surface area contributed by atoms with Crippen molar-refractivity contribution >= 4 is 16.6 Å². The van der Waals surface area contributed by atoms with Crippen molar-refractivity contribution in [3.05, 3.63) is 48.5 Å². The van der Waals surface area contributed by atoms with Gasteiger partial charge >= 0.3 is 0 Å². The zero-order valence-electron chi connectivity index (χ0n) is 13.2. The van der Waals surface area contributed by atoms with Crippen molar-refractivity contribution in [1.82, 2.24) is 14.5 Å². The highest BCUT2D eigenvalue weighted by molar-refractivity contribution is 5.93. The van der Waals surface area contributed by atoms with Gasteiger partial charge < -0.3 is 14.6 Å². The minimum atomic E-state index is -0.154. The van der Waals surface area contributed by atoms with Crippen molar-refractivity contribution in [2.75, 3.05) is 18.0 Å². The molecule has 5 heteroatoms. The number of rotatable bonds is 2. The second kappa shape index (κ2) is 5.66. The molecule has 2 aromatic heterocycles. The smallest absolute Gasteiger partial charge is 0.140 e. The molecule has 3 aromatic rings. The highest BCUT2D eigenvalue weighted by Gasteiger charge is 2.19. The van der Waals surface area contributed by atoms with Crippen LogP contribution < -0.4 is 4.90 Å². The molecule has 1 aromatic carbocycles. The first-order valence-corrected chi connectivity index (χ1v) is 8.05. The molecule has 1 saturated heterocycles. The molecule has 5 nitrogen and oxygen atoms in total. The van der Waals surface area contributed by atoms with Crippen LogP contribution in [0.2, 0.25) is 0 Å². The van der Waals surface area contributed by atoms with E-state index in [-0.39, 0.29) is 6.10 Å². The van der Waals surface area contributed by atoms with Gasteiger partial charge in [0.2, 0.25) is 0 Å². The van der Waals surface area contributed by atoms with Gasteiger partial charge in [0.25, 0.3) is 0 Å². The minimum Gasteiger partial charge on any atom is -0.393 e. The van der Waals surface area contributed by atoms with Crippen LogP contribution in [0.5, 0.6) is 0 Å². The van der Waals surface area contributed by atoms with Gasteiger partial charge in [-0.1, -0.05) is 6.07 Å². The van der Waals surface area contributed by atoms with Crippen molar-refractivity contribution in [2.24, 2.45) is 0 Å². The standard InChI is InChI=1S/C18H20N4O/c1-13-19-9-5-18(20-13)22-12-8-15-16(3-2-4-17(15)22)21-10-6-14(23)7-11-21/h2-5,8-9,12,14,23H,6-7,10-11H2,1H3. The molecule has 0 bridgehead atoms. The summed E-state index contributed by atoms with van der Waals surface area (Å²) >= 11 is 0. The fourth-order valence-corrected chi connectivity index (χ4v) is 3.31. The van der Waals surface area contributed by atoms with Crippen LogP contribution in [0, 0.1) is 6.92 Å². The molecule has 0 aliphatic carbocycles. The van der Waals surface area contributed by atoms with E-state index in [1.54, 1.807) is 6.20 Å². The fourth-order valence-electron chi connectivity index (χ4n) is 3.31. The predicted octanol–water partition coefficient (Wildman–Crippen LogP) is 2.69. The fraction of sp³-hybridized carbons (Fsp3) is 0.333. The lowest BCUT2D eigenvalue weighted by atomic mass is 10.1. The Hall–Kier alpha value is -2.40. The second-order valence-electron chi connectivity index (χ2n) is 6.08. The molecule has 0 atom stereocenters. The zero-order chi connectivity index (χ0) is 15.8. The van der Waals surface area contributed by atoms with E-state index in [0.717, 1.165) is 43.1 Å². The Morgan fingerprint density at radius 3 is 2.74 bits per heavy atom. The van der Waals surface area contributed by atoms with E-state index in [1.165, 1.54) is 11.1 Å². The Bertz CT molecular complexity index is 834. The molecule has 1 fully saturated rings. The van der Waals surface area contributed by atoms with Gasteiger partial charge in [-0.05, 0) is 44.0 Å². The van der Waals surface area contributed by atoms with Gasteiger partial charge in [-0.15, -0.1) is 0 Å². The summed E-state index contributed by atoms with van der Waals surface area (Å²) in [6.07, 6.45) is 5.37. The molecule has 118 valence electrons. The lowest BCUT2D eigenvalue weighted by Crippen LogP contribution is -2.35. The van der Waals surface area contributed by atoms with Crippen LogP contribution >= 0.6 is 0 Å². The molecule has 0 unspecified atom stereocenters. The van der Waals surface area contributed by atoms with E-state index in [0.29, 0.717) is 0 Å². The number of nitrogens with zero attached hydrogens (tertiary/aromatic N) is 4. The second-order valence-corrected chi connectivity index (χ2v) is 6.08. The molecule has 1 aliphatic rings. The first-order chi connectivity index (χ1) is 11.2. The quantitative estimate of drug-likeness (QED) is 0.791. The number of piperidine rings is 1. The van der Waals surface area contributed by atoms with Gasteiger partial charge in [-0.3, -0.25) is 0 Å². The summed E-state index contributed by atoms with van der Waals surface area (Å²) in [5.74, 6) is 1.66. The molecule has 0 amide bonds. The number of fused-ring (bicyclic) bond motifs is 1. The van der Waals surface area contributed by atoms with Gasteiger partial charge in [0.1, 0.15) is 11.6 Å². The Kier molecular flexibility index (Phi) is 3.50. The van der Waals surface area contributed by atoms with Crippen LogP contribution in [-0.2, 0) is 0 Å². The van der Waals surface area contributed by atoms with Crippen LogP contribution in [0.1, 0.15) is 18.7 Å². The lowest BCUT2D eigenvalue weighted by Gasteiger charge is -2.32. The first kappa shape index (κ1) is 14.2. The van der Waals surface area contributed by atoms with Crippen molar-refractivity contribution in [3.8, 4) is 5.82 Å². The average Bonchev–Trinajstić information content (AvgIpc) is 3.00. The topological polar surface area (TPSA) is 54.2 Å². The molecular formula is C18H20N4O. The number of aromatic nitrogens is 3. The molecule has 23 heavy (non-hydrogen) atoms. The molecule has 0 spiro atoms. The van der Waals surface area contributed by atoms with Crippen molar-refractivity contribution < 1.29 is 5.11 Å². The van der Waals surface area contributed by atoms with Gasteiger partial charge in [0, 0.05) is 36.6 Å². The minimum absolute atomic E-state index is 0.154. The summed E-state index contributed by atoms with van der Waals surface area (Å²) in [6, 6.07) is 10.4. The number of aliphatic hydroxyl groups is 1.